The summed E-state index contributed by atoms with van der Waals surface area (Å²) in [6.45, 7) is 0.961. The Balaban J connectivity index is 1.99. The largest absolute Gasteiger partial charge is 0.522 e. The first-order valence-electron chi connectivity index (χ1n) is 5.06. The molecule has 0 spiro atoms. The lowest BCUT2D eigenvalue weighted by atomic mass is 9.94. The van der Waals surface area contributed by atoms with Crippen LogP contribution in [-0.2, 0) is 4.74 Å². The summed E-state index contributed by atoms with van der Waals surface area (Å²) in [7, 11) is 0. The standard InChI is InChI=1S/C9H14F3NO2/c10-9(11,12)15-7-4-8(6-14)2-1-3-13(8)5-7/h7,14H,1-6H2/t7-,8+/m1/s1. The van der Waals surface area contributed by atoms with Gasteiger partial charge in [0.05, 0.1) is 12.7 Å². The predicted molar refractivity (Wildman–Crippen MR) is 46.2 cm³/mol. The van der Waals surface area contributed by atoms with Gasteiger partial charge < -0.3 is 5.11 Å². The lowest BCUT2D eigenvalue weighted by Crippen LogP contribution is -2.41. The van der Waals surface area contributed by atoms with Gasteiger partial charge in [0, 0.05) is 12.1 Å². The van der Waals surface area contributed by atoms with Crippen molar-refractivity contribution in [2.45, 2.75) is 37.3 Å². The Morgan fingerprint density at radius 1 is 1.47 bits per heavy atom. The topological polar surface area (TPSA) is 32.7 Å². The normalized spacial score (nSPS) is 37.2. The zero-order valence-electron chi connectivity index (χ0n) is 8.26. The zero-order chi connectivity index (χ0) is 11.1. The number of hydrogen-bond donors (Lipinski definition) is 1. The summed E-state index contributed by atoms with van der Waals surface area (Å²) in [6.07, 6.45) is -3.40. The van der Waals surface area contributed by atoms with Crippen LogP contribution in [0.15, 0.2) is 0 Å². The molecule has 88 valence electrons. The summed E-state index contributed by atoms with van der Waals surface area (Å²) in [4.78, 5) is 1.92. The molecule has 0 aliphatic carbocycles. The first-order valence-corrected chi connectivity index (χ1v) is 5.06. The summed E-state index contributed by atoms with van der Waals surface area (Å²) >= 11 is 0. The molecule has 0 unspecified atom stereocenters. The van der Waals surface area contributed by atoms with Crippen LogP contribution in [0.5, 0.6) is 0 Å². The molecule has 2 fully saturated rings. The minimum Gasteiger partial charge on any atom is -0.394 e. The summed E-state index contributed by atoms with van der Waals surface area (Å²) in [5.41, 5.74) is -0.448. The van der Waals surface area contributed by atoms with E-state index in [0.717, 1.165) is 19.4 Å². The molecule has 2 rings (SSSR count). The van der Waals surface area contributed by atoms with Crippen molar-refractivity contribution in [3.05, 3.63) is 0 Å². The number of nitrogens with zero attached hydrogens (tertiary/aromatic N) is 1. The molecule has 0 amide bonds. The van der Waals surface area contributed by atoms with E-state index in [1.54, 1.807) is 0 Å². The van der Waals surface area contributed by atoms with Crippen molar-refractivity contribution in [3.8, 4) is 0 Å². The van der Waals surface area contributed by atoms with Gasteiger partial charge in [-0.25, -0.2) is 0 Å². The quantitative estimate of drug-likeness (QED) is 0.764. The minimum atomic E-state index is -4.57. The van der Waals surface area contributed by atoms with Crippen molar-refractivity contribution in [2.75, 3.05) is 19.7 Å². The van der Waals surface area contributed by atoms with Gasteiger partial charge in [0.15, 0.2) is 0 Å². The maximum absolute atomic E-state index is 12.0. The molecule has 1 N–H and O–H groups in total. The second-order valence-corrected chi connectivity index (χ2v) is 4.32. The van der Waals surface area contributed by atoms with Gasteiger partial charge in [0.25, 0.3) is 0 Å². The first-order chi connectivity index (χ1) is 6.95. The van der Waals surface area contributed by atoms with E-state index >= 15 is 0 Å². The fourth-order valence-corrected chi connectivity index (χ4v) is 2.76. The number of halogens is 3. The second kappa shape index (κ2) is 3.61. The number of ether oxygens (including phenoxy) is 1. The third kappa shape index (κ3) is 2.11. The molecule has 2 heterocycles. The van der Waals surface area contributed by atoms with E-state index in [4.69, 9.17) is 0 Å². The van der Waals surface area contributed by atoms with Gasteiger partial charge in [0.2, 0.25) is 0 Å². The molecule has 2 atom stereocenters. The number of fused-ring (bicyclic) bond motifs is 1. The van der Waals surface area contributed by atoms with Crippen molar-refractivity contribution in [3.63, 3.8) is 0 Å². The summed E-state index contributed by atoms with van der Waals surface area (Å²) in [6, 6.07) is 0. The molecule has 0 saturated carbocycles. The highest BCUT2D eigenvalue weighted by Crippen LogP contribution is 2.40. The summed E-state index contributed by atoms with van der Waals surface area (Å²) < 4.78 is 40.0. The van der Waals surface area contributed by atoms with E-state index in [2.05, 4.69) is 4.74 Å². The van der Waals surface area contributed by atoms with Crippen molar-refractivity contribution < 1.29 is 23.0 Å². The molecule has 3 nitrogen and oxygen atoms in total. The summed E-state index contributed by atoms with van der Waals surface area (Å²) in [5, 5.41) is 9.26. The van der Waals surface area contributed by atoms with Gasteiger partial charge in [-0.1, -0.05) is 0 Å². The van der Waals surface area contributed by atoms with Crippen LogP contribution in [-0.4, -0.2) is 47.7 Å². The molecule has 0 aromatic carbocycles. The number of aliphatic hydroxyl groups is 1. The van der Waals surface area contributed by atoms with Crippen LogP contribution < -0.4 is 0 Å². The Morgan fingerprint density at radius 3 is 2.73 bits per heavy atom. The van der Waals surface area contributed by atoms with E-state index in [9.17, 15) is 18.3 Å². The molecule has 15 heavy (non-hydrogen) atoms. The Kier molecular flexibility index (Phi) is 2.68. The van der Waals surface area contributed by atoms with Crippen LogP contribution in [0.4, 0.5) is 13.2 Å². The maximum Gasteiger partial charge on any atom is 0.522 e. The van der Waals surface area contributed by atoms with Crippen LogP contribution in [0.3, 0.4) is 0 Å². The Hall–Kier alpha value is -0.330. The molecular weight excluding hydrogens is 211 g/mol. The fraction of sp³-hybridized carbons (Fsp3) is 1.00. The maximum atomic E-state index is 12.0. The number of hydrogen-bond acceptors (Lipinski definition) is 3. The van der Waals surface area contributed by atoms with Crippen molar-refractivity contribution >= 4 is 0 Å². The van der Waals surface area contributed by atoms with Gasteiger partial charge in [-0.15, -0.1) is 13.2 Å². The number of rotatable bonds is 2. The number of alkyl halides is 3. The van der Waals surface area contributed by atoms with Gasteiger partial charge in [-0.3, -0.25) is 9.64 Å². The fourth-order valence-electron chi connectivity index (χ4n) is 2.76. The van der Waals surface area contributed by atoms with Crippen molar-refractivity contribution in [1.29, 1.82) is 0 Å². The highest BCUT2D eigenvalue weighted by Gasteiger charge is 2.50. The molecular formula is C9H14F3NO2. The van der Waals surface area contributed by atoms with Crippen molar-refractivity contribution in [2.24, 2.45) is 0 Å². The lowest BCUT2D eigenvalue weighted by molar-refractivity contribution is -0.340. The van der Waals surface area contributed by atoms with E-state index in [1.165, 1.54) is 0 Å². The van der Waals surface area contributed by atoms with E-state index in [0.29, 0.717) is 0 Å². The molecule has 0 aromatic heterocycles. The van der Waals surface area contributed by atoms with E-state index in [1.807, 2.05) is 4.90 Å². The zero-order valence-corrected chi connectivity index (χ0v) is 8.26. The third-order valence-electron chi connectivity index (χ3n) is 3.37. The minimum absolute atomic E-state index is 0.0787. The molecule has 2 aliphatic rings. The van der Waals surface area contributed by atoms with Crippen LogP contribution in [0, 0.1) is 0 Å². The second-order valence-electron chi connectivity index (χ2n) is 4.32. The Morgan fingerprint density at radius 2 is 2.20 bits per heavy atom. The smallest absolute Gasteiger partial charge is 0.394 e. The van der Waals surface area contributed by atoms with Crippen LogP contribution in [0.25, 0.3) is 0 Å². The van der Waals surface area contributed by atoms with Crippen LogP contribution in [0.1, 0.15) is 19.3 Å². The third-order valence-corrected chi connectivity index (χ3v) is 3.37. The Bertz CT molecular complexity index is 246. The molecule has 2 saturated heterocycles. The molecule has 2 aliphatic heterocycles. The summed E-state index contributed by atoms with van der Waals surface area (Å²) in [5.74, 6) is 0. The van der Waals surface area contributed by atoms with Gasteiger partial charge >= 0.3 is 6.36 Å². The average molecular weight is 225 g/mol. The van der Waals surface area contributed by atoms with E-state index < -0.39 is 18.0 Å². The Labute approximate surface area is 85.8 Å². The monoisotopic (exact) mass is 225 g/mol. The van der Waals surface area contributed by atoms with Crippen molar-refractivity contribution in [1.82, 2.24) is 4.90 Å². The highest BCUT2D eigenvalue weighted by atomic mass is 19.4. The molecule has 0 bridgehead atoms. The van der Waals surface area contributed by atoms with Gasteiger partial charge in [-0.05, 0) is 25.8 Å². The van der Waals surface area contributed by atoms with Crippen LogP contribution in [0.2, 0.25) is 0 Å². The predicted octanol–water partition coefficient (Wildman–Crippen LogP) is 1.12. The first kappa shape index (κ1) is 11.2. The lowest BCUT2D eigenvalue weighted by Gasteiger charge is -2.28. The van der Waals surface area contributed by atoms with Crippen LogP contribution >= 0.6 is 0 Å². The average Bonchev–Trinajstić information content (AvgIpc) is 2.57. The van der Waals surface area contributed by atoms with Gasteiger partial charge in [-0.2, -0.15) is 0 Å². The SMILES string of the molecule is OC[C@@]12CCCN1C[C@H](OC(F)(F)F)C2. The molecule has 0 aromatic rings. The van der Waals surface area contributed by atoms with E-state index in [-0.39, 0.29) is 19.6 Å². The highest BCUT2D eigenvalue weighted by molar-refractivity contribution is 5.03. The van der Waals surface area contributed by atoms with Gasteiger partial charge in [0.1, 0.15) is 0 Å². The number of aliphatic hydroxyl groups excluding tert-OH is 1. The molecule has 0 radical (unpaired) electrons. The molecule has 6 heteroatoms.